The van der Waals surface area contributed by atoms with E-state index in [4.69, 9.17) is 4.74 Å². The highest BCUT2D eigenvalue weighted by Gasteiger charge is 2.27. The molecule has 1 aromatic rings. The van der Waals surface area contributed by atoms with Crippen LogP contribution in [0.15, 0.2) is 18.2 Å². The van der Waals surface area contributed by atoms with Gasteiger partial charge in [-0.1, -0.05) is 25.3 Å². The van der Waals surface area contributed by atoms with Crippen molar-refractivity contribution in [2.75, 3.05) is 6.61 Å². The fourth-order valence-electron chi connectivity index (χ4n) is 2.68. The molecule has 0 saturated heterocycles. The molecule has 0 aromatic heterocycles. The minimum atomic E-state index is -0.543. The molecule has 114 valence electrons. The predicted octanol–water partition coefficient (Wildman–Crippen LogP) is 3.06. The molecule has 0 bridgehead atoms. The van der Waals surface area contributed by atoms with E-state index in [9.17, 15) is 14.9 Å². The van der Waals surface area contributed by atoms with E-state index >= 15 is 0 Å². The lowest BCUT2D eigenvalue weighted by Gasteiger charge is -2.23. The topological polar surface area (TPSA) is 81.5 Å². The maximum Gasteiger partial charge on any atom is 0.285 e. The molecule has 1 amide bonds. The van der Waals surface area contributed by atoms with E-state index in [0.717, 1.165) is 25.7 Å². The van der Waals surface area contributed by atoms with Crippen molar-refractivity contribution in [1.82, 2.24) is 5.32 Å². The van der Waals surface area contributed by atoms with Crippen LogP contribution >= 0.6 is 0 Å². The van der Waals surface area contributed by atoms with E-state index in [1.807, 2.05) is 0 Å². The van der Waals surface area contributed by atoms with E-state index in [1.165, 1.54) is 18.6 Å². The van der Waals surface area contributed by atoms with Gasteiger partial charge in [0, 0.05) is 12.1 Å². The van der Waals surface area contributed by atoms with Gasteiger partial charge in [-0.25, -0.2) is 0 Å². The maximum absolute atomic E-state index is 12.4. The van der Waals surface area contributed by atoms with E-state index in [0.29, 0.717) is 6.61 Å². The number of hydrogen-bond donors (Lipinski definition) is 1. The largest absolute Gasteiger partial charge is 0.493 e. The summed E-state index contributed by atoms with van der Waals surface area (Å²) in [5.74, 6) is -0.155. The van der Waals surface area contributed by atoms with Gasteiger partial charge < -0.3 is 10.1 Å². The molecule has 0 unspecified atom stereocenters. The lowest BCUT2D eigenvalue weighted by Crippen LogP contribution is -2.36. The number of nitrogens with zero attached hydrogens (tertiary/aromatic N) is 1. The Kier molecular flexibility index (Phi) is 5.14. The van der Waals surface area contributed by atoms with Gasteiger partial charge in [-0.3, -0.25) is 14.9 Å². The number of rotatable bonds is 5. The molecule has 0 heterocycles. The smallest absolute Gasteiger partial charge is 0.285 e. The number of ether oxygens (including phenoxy) is 1. The molecule has 1 aliphatic carbocycles. The molecule has 21 heavy (non-hydrogen) atoms. The third kappa shape index (κ3) is 3.71. The first-order valence-electron chi connectivity index (χ1n) is 7.34. The molecule has 6 heteroatoms. The minimum absolute atomic E-state index is 0.0231. The Balaban J connectivity index is 2.26. The highest BCUT2D eigenvalue weighted by Crippen LogP contribution is 2.29. The summed E-state index contributed by atoms with van der Waals surface area (Å²) in [5, 5.41) is 14.1. The Labute approximate surface area is 123 Å². The van der Waals surface area contributed by atoms with Gasteiger partial charge in [-0.05, 0) is 25.8 Å². The first-order valence-corrected chi connectivity index (χ1v) is 7.34. The van der Waals surface area contributed by atoms with E-state index in [2.05, 4.69) is 5.32 Å². The van der Waals surface area contributed by atoms with E-state index in [1.54, 1.807) is 13.0 Å². The fourth-order valence-corrected chi connectivity index (χ4v) is 2.68. The predicted molar refractivity (Wildman–Crippen MR) is 78.6 cm³/mol. The van der Waals surface area contributed by atoms with Crippen LogP contribution in [0.5, 0.6) is 5.75 Å². The number of nitrogens with one attached hydrogen (secondary N) is 1. The molecule has 1 saturated carbocycles. The van der Waals surface area contributed by atoms with Gasteiger partial charge in [0.1, 0.15) is 5.75 Å². The van der Waals surface area contributed by atoms with Crippen molar-refractivity contribution in [2.24, 2.45) is 0 Å². The molecule has 1 fully saturated rings. The third-order valence-corrected chi connectivity index (χ3v) is 3.67. The average Bonchev–Trinajstić information content (AvgIpc) is 2.48. The van der Waals surface area contributed by atoms with Gasteiger partial charge in [0.25, 0.3) is 11.6 Å². The summed E-state index contributed by atoms with van der Waals surface area (Å²) < 4.78 is 5.37. The second-order valence-electron chi connectivity index (χ2n) is 5.15. The molecule has 0 spiro atoms. The van der Waals surface area contributed by atoms with Crippen molar-refractivity contribution < 1.29 is 14.5 Å². The zero-order valence-corrected chi connectivity index (χ0v) is 12.1. The number of hydrogen-bond acceptors (Lipinski definition) is 4. The van der Waals surface area contributed by atoms with Crippen molar-refractivity contribution in [1.29, 1.82) is 0 Å². The highest BCUT2D eigenvalue weighted by atomic mass is 16.6. The maximum atomic E-state index is 12.4. The van der Waals surface area contributed by atoms with Gasteiger partial charge in [0.05, 0.1) is 11.5 Å². The van der Waals surface area contributed by atoms with Crippen molar-refractivity contribution in [3.05, 3.63) is 33.9 Å². The van der Waals surface area contributed by atoms with Crippen LogP contribution in [0.2, 0.25) is 0 Å². The van der Waals surface area contributed by atoms with Crippen LogP contribution in [0, 0.1) is 10.1 Å². The summed E-state index contributed by atoms with van der Waals surface area (Å²) in [4.78, 5) is 23.0. The van der Waals surface area contributed by atoms with Gasteiger partial charge in [0.15, 0.2) is 5.56 Å². The summed E-state index contributed by atoms with van der Waals surface area (Å²) >= 11 is 0. The number of carbonyl (C=O) groups excluding carboxylic acids is 1. The summed E-state index contributed by atoms with van der Waals surface area (Å²) in [7, 11) is 0. The van der Waals surface area contributed by atoms with Crippen LogP contribution in [0.1, 0.15) is 49.4 Å². The first-order chi connectivity index (χ1) is 10.1. The number of amides is 1. The Morgan fingerprint density at radius 3 is 2.71 bits per heavy atom. The Bertz CT molecular complexity index is 524. The Morgan fingerprint density at radius 1 is 1.38 bits per heavy atom. The monoisotopic (exact) mass is 292 g/mol. The quantitative estimate of drug-likeness (QED) is 0.668. The van der Waals surface area contributed by atoms with Crippen LogP contribution in [0.4, 0.5) is 5.69 Å². The number of nitro benzene ring substituents is 1. The Hall–Kier alpha value is -2.11. The molecule has 0 aliphatic heterocycles. The van der Waals surface area contributed by atoms with Crippen LogP contribution in [-0.4, -0.2) is 23.5 Å². The normalized spacial score (nSPS) is 15.5. The van der Waals surface area contributed by atoms with Gasteiger partial charge >= 0.3 is 0 Å². The summed E-state index contributed by atoms with van der Waals surface area (Å²) in [6, 6.07) is 4.55. The summed E-state index contributed by atoms with van der Waals surface area (Å²) in [5.41, 5.74) is -0.191. The molecular weight excluding hydrogens is 272 g/mol. The third-order valence-electron chi connectivity index (χ3n) is 3.67. The summed E-state index contributed by atoms with van der Waals surface area (Å²) in [6.07, 6.45) is 5.20. The van der Waals surface area contributed by atoms with Crippen molar-refractivity contribution in [3.63, 3.8) is 0 Å². The second kappa shape index (κ2) is 7.06. The summed E-state index contributed by atoms with van der Waals surface area (Å²) in [6.45, 7) is 2.13. The van der Waals surface area contributed by atoms with Crippen LogP contribution in [-0.2, 0) is 0 Å². The minimum Gasteiger partial charge on any atom is -0.493 e. The molecule has 0 atom stereocenters. The number of nitro groups is 1. The lowest BCUT2D eigenvalue weighted by molar-refractivity contribution is -0.385. The molecule has 1 aromatic carbocycles. The SMILES string of the molecule is CCOc1cccc([N+](=O)[O-])c1C(=O)NC1CCCCC1. The molecule has 6 nitrogen and oxygen atoms in total. The van der Waals surface area contributed by atoms with Crippen LogP contribution < -0.4 is 10.1 Å². The van der Waals surface area contributed by atoms with E-state index in [-0.39, 0.29) is 23.0 Å². The van der Waals surface area contributed by atoms with Crippen molar-refractivity contribution in [3.8, 4) is 5.75 Å². The number of benzene rings is 1. The zero-order valence-electron chi connectivity index (χ0n) is 12.1. The fraction of sp³-hybridized carbons (Fsp3) is 0.533. The first kappa shape index (κ1) is 15.3. The number of carbonyl (C=O) groups is 1. The second-order valence-corrected chi connectivity index (χ2v) is 5.15. The lowest BCUT2D eigenvalue weighted by atomic mass is 9.95. The van der Waals surface area contributed by atoms with Gasteiger partial charge in [0.2, 0.25) is 0 Å². The van der Waals surface area contributed by atoms with Crippen molar-refractivity contribution >= 4 is 11.6 Å². The zero-order chi connectivity index (χ0) is 15.2. The van der Waals surface area contributed by atoms with Crippen LogP contribution in [0.25, 0.3) is 0 Å². The molecule has 0 radical (unpaired) electrons. The standard InChI is InChI=1S/C15H20N2O4/c1-2-21-13-10-6-9-12(17(19)20)14(13)15(18)16-11-7-4-3-5-8-11/h6,9-11H,2-5,7-8H2,1H3,(H,16,18). The van der Waals surface area contributed by atoms with Crippen LogP contribution in [0.3, 0.4) is 0 Å². The van der Waals surface area contributed by atoms with Gasteiger partial charge in [-0.2, -0.15) is 0 Å². The molecule has 1 N–H and O–H groups in total. The average molecular weight is 292 g/mol. The Morgan fingerprint density at radius 2 is 2.10 bits per heavy atom. The molecule has 2 rings (SSSR count). The van der Waals surface area contributed by atoms with Gasteiger partial charge in [-0.15, -0.1) is 0 Å². The highest BCUT2D eigenvalue weighted by molar-refractivity contribution is 6.01. The molecule has 1 aliphatic rings. The van der Waals surface area contributed by atoms with Crippen molar-refractivity contribution in [2.45, 2.75) is 45.1 Å². The molecular formula is C15H20N2O4. The van der Waals surface area contributed by atoms with E-state index < -0.39 is 10.8 Å².